The van der Waals surface area contributed by atoms with Gasteiger partial charge in [0.25, 0.3) is 0 Å². The molecule has 2 N–H and O–H groups in total. The van der Waals surface area contributed by atoms with Crippen molar-refractivity contribution in [1.29, 1.82) is 0 Å². The Balaban J connectivity index is 1.54. The molecular formula is C20H31N7O. The molecule has 1 aliphatic rings. The molecule has 0 radical (unpaired) electrons. The number of aromatic nitrogens is 3. The number of hydrogen-bond donors (Lipinski definition) is 2. The van der Waals surface area contributed by atoms with Gasteiger partial charge in [0.05, 0.1) is 19.2 Å². The zero-order chi connectivity index (χ0) is 19.9. The van der Waals surface area contributed by atoms with Crippen LogP contribution in [0.1, 0.15) is 23.9 Å². The van der Waals surface area contributed by atoms with E-state index in [-0.39, 0.29) is 0 Å². The molecule has 3 rings (SSSR count). The van der Waals surface area contributed by atoms with Crippen LogP contribution in [0.3, 0.4) is 0 Å². The van der Waals surface area contributed by atoms with E-state index in [9.17, 15) is 5.11 Å². The van der Waals surface area contributed by atoms with Crippen molar-refractivity contribution < 1.29 is 5.11 Å². The highest BCUT2D eigenvalue weighted by molar-refractivity contribution is 5.79. The van der Waals surface area contributed by atoms with Crippen LogP contribution in [0, 0.1) is 0 Å². The number of aliphatic hydroxyl groups is 1. The van der Waals surface area contributed by atoms with Gasteiger partial charge in [-0.05, 0) is 24.5 Å². The molecule has 0 saturated heterocycles. The molecule has 1 atom stereocenters. The van der Waals surface area contributed by atoms with Crippen molar-refractivity contribution in [3.05, 3.63) is 47.5 Å². The lowest BCUT2D eigenvalue weighted by Gasteiger charge is -2.30. The van der Waals surface area contributed by atoms with Crippen LogP contribution >= 0.6 is 0 Å². The molecule has 0 bridgehead atoms. The fourth-order valence-corrected chi connectivity index (χ4v) is 3.48. The smallest absolute Gasteiger partial charge is 0.194 e. The number of nitrogens with one attached hydrogen (secondary N) is 1. The molecule has 0 saturated carbocycles. The number of β-amino-alcohol motifs (C(OH)–C–C–N with tert-alkyl or cyclic N) is 1. The van der Waals surface area contributed by atoms with Gasteiger partial charge in [-0.3, -0.25) is 14.6 Å². The van der Waals surface area contributed by atoms with Gasteiger partial charge in [-0.25, -0.2) is 4.98 Å². The standard InChI is InChI=1S/C20H31N7O/c1-4-21-20(25(2)14-19-23-15-24-26(19)3)22-11-18(28)13-27-10-9-16-7-5-6-8-17(16)12-27/h5-8,15,18,28H,4,9-14H2,1-3H3,(H,21,22). The van der Waals surface area contributed by atoms with E-state index in [1.165, 1.54) is 11.1 Å². The van der Waals surface area contributed by atoms with Crippen molar-refractivity contribution in [2.24, 2.45) is 12.0 Å². The second kappa shape index (κ2) is 9.66. The molecular weight excluding hydrogens is 354 g/mol. The van der Waals surface area contributed by atoms with E-state index in [2.05, 4.69) is 49.6 Å². The second-order valence-electron chi connectivity index (χ2n) is 7.26. The van der Waals surface area contributed by atoms with Gasteiger partial charge in [-0.2, -0.15) is 5.10 Å². The third kappa shape index (κ3) is 5.30. The van der Waals surface area contributed by atoms with Crippen molar-refractivity contribution >= 4 is 5.96 Å². The van der Waals surface area contributed by atoms with Crippen molar-refractivity contribution in [2.45, 2.75) is 32.5 Å². The van der Waals surface area contributed by atoms with E-state index < -0.39 is 6.10 Å². The lowest BCUT2D eigenvalue weighted by atomic mass is 10.00. The number of hydrogen-bond acceptors (Lipinski definition) is 5. The SMILES string of the molecule is CCNC(=NCC(O)CN1CCc2ccccc2C1)N(C)Cc1ncnn1C. The number of benzene rings is 1. The molecule has 28 heavy (non-hydrogen) atoms. The normalized spacial score (nSPS) is 15.9. The van der Waals surface area contributed by atoms with E-state index >= 15 is 0 Å². The molecule has 8 heteroatoms. The number of guanidine groups is 1. The molecule has 1 aromatic heterocycles. The summed E-state index contributed by atoms with van der Waals surface area (Å²) in [4.78, 5) is 13.2. The Morgan fingerprint density at radius 1 is 1.36 bits per heavy atom. The van der Waals surface area contributed by atoms with E-state index in [1.807, 2.05) is 25.9 Å². The van der Waals surface area contributed by atoms with Crippen molar-refractivity contribution in [3.63, 3.8) is 0 Å². The van der Waals surface area contributed by atoms with Gasteiger partial charge in [-0.15, -0.1) is 0 Å². The first-order valence-corrected chi connectivity index (χ1v) is 9.86. The first-order chi connectivity index (χ1) is 13.6. The average molecular weight is 386 g/mol. The van der Waals surface area contributed by atoms with Crippen LogP contribution in [0.15, 0.2) is 35.6 Å². The molecule has 2 aromatic rings. The molecule has 0 aliphatic carbocycles. The van der Waals surface area contributed by atoms with Gasteiger partial charge in [0.1, 0.15) is 12.2 Å². The van der Waals surface area contributed by atoms with Gasteiger partial charge in [0, 0.05) is 40.3 Å². The summed E-state index contributed by atoms with van der Waals surface area (Å²) in [6.07, 6.45) is 2.09. The Morgan fingerprint density at radius 3 is 2.86 bits per heavy atom. The number of fused-ring (bicyclic) bond motifs is 1. The van der Waals surface area contributed by atoms with Crippen LogP contribution in [0.2, 0.25) is 0 Å². The average Bonchev–Trinajstić information content (AvgIpc) is 3.09. The van der Waals surface area contributed by atoms with E-state index in [4.69, 9.17) is 0 Å². The molecule has 0 amide bonds. The van der Waals surface area contributed by atoms with Crippen LogP contribution in [-0.2, 0) is 26.6 Å². The number of aryl methyl sites for hydroxylation is 1. The third-order valence-corrected chi connectivity index (χ3v) is 5.01. The predicted molar refractivity (Wildman–Crippen MR) is 110 cm³/mol. The highest BCUT2D eigenvalue weighted by Gasteiger charge is 2.18. The molecule has 1 aliphatic heterocycles. The van der Waals surface area contributed by atoms with E-state index in [0.717, 1.165) is 37.8 Å². The van der Waals surface area contributed by atoms with Gasteiger partial charge >= 0.3 is 0 Å². The summed E-state index contributed by atoms with van der Waals surface area (Å²) in [6.45, 7) is 6.26. The summed E-state index contributed by atoms with van der Waals surface area (Å²) in [5.41, 5.74) is 2.78. The fourth-order valence-electron chi connectivity index (χ4n) is 3.48. The van der Waals surface area contributed by atoms with Crippen LogP contribution < -0.4 is 5.32 Å². The van der Waals surface area contributed by atoms with Crippen LogP contribution in [-0.4, -0.2) is 75.0 Å². The number of nitrogens with zero attached hydrogens (tertiary/aromatic N) is 6. The molecule has 0 fully saturated rings. The van der Waals surface area contributed by atoms with Crippen LogP contribution in [0.5, 0.6) is 0 Å². The molecule has 1 aromatic carbocycles. The summed E-state index contributed by atoms with van der Waals surface area (Å²) in [6, 6.07) is 8.55. The topological polar surface area (TPSA) is 81.8 Å². The van der Waals surface area contributed by atoms with Gasteiger partial charge < -0.3 is 15.3 Å². The maximum absolute atomic E-state index is 10.5. The Labute approximate surface area is 166 Å². The minimum Gasteiger partial charge on any atom is -0.390 e. The first-order valence-electron chi connectivity index (χ1n) is 9.86. The van der Waals surface area contributed by atoms with Gasteiger partial charge in [0.15, 0.2) is 5.96 Å². The molecule has 152 valence electrons. The summed E-state index contributed by atoms with van der Waals surface area (Å²) in [5, 5.41) is 17.9. The summed E-state index contributed by atoms with van der Waals surface area (Å²) >= 11 is 0. The highest BCUT2D eigenvalue weighted by Crippen LogP contribution is 2.18. The molecule has 0 spiro atoms. The summed E-state index contributed by atoms with van der Waals surface area (Å²) in [7, 11) is 3.84. The Morgan fingerprint density at radius 2 is 2.14 bits per heavy atom. The third-order valence-electron chi connectivity index (χ3n) is 5.01. The monoisotopic (exact) mass is 385 g/mol. The minimum atomic E-state index is -0.498. The Kier molecular flexibility index (Phi) is 7.00. The minimum absolute atomic E-state index is 0.365. The summed E-state index contributed by atoms with van der Waals surface area (Å²) in [5.74, 6) is 1.62. The largest absolute Gasteiger partial charge is 0.390 e. The fraction of sp³-hybridized carbons (Fsp3) is 0.550. The highest BCUT2D eigenvalue weighted by atomic mass is 16.3. The van der Waals surface area contributed by atoms with Crippen molar-refractivity contribution in [2.75, 3.05) is 33.2 Å². The zero-order valence-corrected chi connectivity index (χ0v) is 17.0. The van der Waals surface area contributed by atoms with Gasteiger partial charge in [-0.1, -0.05) is 24.3 Å². The van der Waals surface area contributed by atoms with Crippen LogP contribution in [0.4, 0.5) is 0 Å². The molecule has 8 nitrogen and oxygen atoms in total. The quantitative estimate of drug-likeness (QED) is 0.538. The number of aliphatic hydroxyl groups excluding tert-OH is 1. The lowest BCUT2D eigenvalue weighted by molar-refractivity contribution is 0.111. The maximum atomic E-state index is 10.5. The number of aliphatic imine (C=N–C) groups is 1. The zero-order valence-electron chi connectivity index (χ0n) is 17.0. The van der Waals surface area contributed by atoms with Gasteiger partial charge in [0.2, 0.25) is 0 Å². The van der Waals surface area contributed by atoms with E-state index in [1.54, 1.807) is 11.0 Å². The Bertz CT molecular complexity index is 788. The lowest BCUT2D eigenvalue weighted by Crippen LogP contribution is -2.41. The Hall–Kier alpha value is -2.45. The predicted octanol–water partition coefficient (Wildman–Crippen LogP) is 0.632. The van der Waals surface area contributed by atoms with Crippen LogP contribution in [0.25, 0.3) is 0 Å². The van der Waals surface area contributed by atoms with Crippen molar-refractivity contribution in [3.8, 4) is 0 Å². The van der Waals surface area contributed by atoms with E-state index in [0.29, 0.717) is 19.6 Å². The first kappa shape index (κ1) is 20.3. The molecule has 1 unspecified atom stereocenters. The second-order valence-corrected chi connectivity index (χ2v) is 7.26. The number of rotatable bonds is 7. The maximum Gasteiger partial charge on any atom is 0.194 e. The van der Waals surface area contributed by atoms with Crippen molar-refractivity contribution in [1.82, 2.24) is 29.9 Å². The molecule has 2 heterocycles. The summed E-state index contributed by atoms with van der Waals surface area (Å²) < 4.78 is 1.75.